The third-order valence-corrected chi connectivity index (χ3v) is 6.32. The number of halogens is 1. The van der Waals surface area contributed by atoms with Crippen molar-refractivity contribution < 1.29 is 13.2 Å². The Balaban J connectivity index is 1.85. The van der Waals surface area contributed by atoms with Crippen molar-refractivity contribution in [2.75, 3.05) is 18.4 Å². The molecule has 0 spiro atoms. The van der Waals surface area contributed by atoms with Gasteiger partial charge in [0.15, 0.2) is 0 Å². The molecular formula is C15H19ClN2O3S. The van der Waals surface area contributed by atoms with E-state index in [0.717, 1.165) is 32.1 Å². The zero-order valence-electron chi connectivity index (χ0n) is 12.2. The molecule has 1 N–H and O–H groups in total. The first-order chi connectivity index (χ1) is 10.5. The van der Waals surface area contributed by atoms with Gasteiger partial charge in [0.05, 0.1) is 15.6 Å². The number of amides is 1. The van der Waals surface area contributed by atoms with Gasteiger partial charge in [0.1, 0.15) is 0 Å². The van der Waals surface area contributed by atoms with Gasteiger partial charge < -0.3 is 5.32 Å². The van der Waals surface area contributed by atoms with Crippen LogP contribution in [0.1, 0.15) is 32.1 Å². The molecule has 1 aliphatic heterocycles. The van der Waals surface area contributed by atoms with E-state index in [0.29, 0.717) is 23.8 Å². The number of anilines is 1. The number of hydrogen-bond acceptors (Lipinski definition) is 3. The van der Waals surface area contributed by atoms with Crippen LogP contribution in [0.15, 0.2) is 23.1 Å². The SMILES string of the molecule is O=C(Nc1cc(S(=O)(=O)N2CCCCC2)ccc1Cl)C1CC1. The Bertz CT molecular complexity index is 680. The first kappa shape index (κ1) is 15.8. The Hall–Kier alpha value is -1.11. The van der Waals surface area contributed by atoms with E-state index in [1.54, 1.807) is 0 Å². The number of benzene rings is 1. The summed E-state index contributed by atoms with van der Waals surface area (Å²) in [5, 5.41) is 3.09. The van der Waals surface area contributed by atoms with E-state index in [9.17, 15) is 13.2 Å². The van der Waals surface area contributed by atoms with Crippen LogP contribution in [-0.4, -0.2) is 31.7 Å². The highest BCUT2D eigenvalue weighted by Gasteiger charge is 2.31. The van der Waals surface area contributed by atoms with Gasteiger partial charge in [0.25, 0.3) is 0 Å². The lowest BCUT2D eigenvalue weighted by Gasteiger charge is -2.26. The van der Waals surface area contributed by atoms with Crippen molar-refractivity contribution in [1.82, 2.24) is 4.31 Å². The summed E-state index contributed by atoms with van der Waals surface area (Å²) in [4.78, 5) is 12.0. The highest BCUT2D eigenvalue weighted by molar-refractivity contribution is 7.89. The lowest BCUT2D eigenvalue weighted by molar-refractivity contribution is -0.117. The Morgan fingerprint density at radius 2 is 1.86 bits per heavy atom. The van der Waals surface area contributed by atoms with E-state index in [-0.39, 0.29) is 16.7 Å². The number of hydrogen-bond donors (Lipinski definition) is 1. The van der Waals surface area contributed by atoms with Crippen LogP contribution in [0, 0.1) is 5.92 Å². The second-order valence-corrected chi connectivity index (χ2v) is 8.22. The molecule has 1 aliphatic carbocycles. The van der Waals surface area contributed by atoms with E-state index >= 15 is 0 Å². The average Bonchev–Trinajstić information content (AvgIpc) is 3.35. The van der Waals surface area contributed by atoms with Crippen molar-refractivity contribution in [3.63, 3.8) is 0 Å². The number of rotatable bonds is 4. The normalized spacial score (nSPS) is 19.9. The minimum atomic E-state index is -3.52. The molecule has 22 heavy (non-hydrogen) atoms. The average molecular weight is 343 g/mol. The number of carbonyl (C=O) groups excluding carboxylic acids is 1. The lowest BCUT2D eigenvalue weighted by Crippen LogP contribution is -2.35. The molecule has 1 aromatic rings. The maximum absolute atomic E-state index is 12.7. The molecule has 5 nitrogen and oxygen atoms in total. The van der Waals surface area contributed by atoms with Crippen molar-refractivity contribution in [1.29, 1.82) is 0 Å². The first-order valence-electron chi connectivity index (χ1n) is 7.59. The fourth-order valence-corrected chi connectivity index (χ4v) is 4.30. The minimum Gasteiger partial charge on any atom is -0.324 e. The molecule has 1 aromatic carbocycles. The van der Waals surface area contributed by atoms with Gasteiger partial charge in [-0.15, -0.1) is 0 Å². The Kier molecular flexibility index (Phi) is 4.43. The third-order valence-electron chi connectivity index (χ3n) is 4.10. The number of carbonyl (C=O) groups is 1. The second kappa shape index (κ2) is 6.18. The van der Waals surface area contributed by atoms with E-state index in [2.05, 4.69) is 5.32 Å². The maximum Gasteiger partial charge on any atom is 0.243 e. The van der Waals surface area contributed by atoms with Gasteiger partial charge >= 0.3 is 0 Å². The van der Waals surface area contributed by atoms with E-state index in [1.807, 2.05) is 0 Å². The second-order valence-electron chi connectivity index (χ2n) is 5.87. The summed E-state index contributed by atoms with van der Waals surface area (Å²) in [5.74, 6) is -0.0483. The summed E-state index contributed by atoms with van der Waals surface area (Å²) >= 11 is 6.08. The molecule has 1 amide bonds. The highest BCUT2D eigenvalue weighted by Crippen LogP contribution is 2.33. The number of nitrogens with zero attached hydrogens (tertiary/aromatic N) is 1. The Morgan fingerprint density at radius 3 is 2.50 bits per heavy atom. The van der Waals surface area contributed by atoms with Crippen molar-refractivity contribution in [3.8, 4) is 0 Å². The Morgan fingerprint density at radius 1 is 1.18 bits per heavy atom. The minimum absolute atomic E-state index is 0.0402. The van der Waals surface area contributed by atoms with Crippen molar-refractivity contribution in [3.05, 3.63) is 23.2 Å². The zero-order valence-corrected chi connectivity index (χ0v) is 13.8. The van der Waals surface area contributed by atoms with Crippen LogP contribution in [0.3, 0.4) is 0 Å². The smallest absolute Gasteiger partial charge is 0.243 e. The van der Waals surface area contributed by atoms with Crippen LogP contribution in [0.5, 0.6) is 0 Å². The summed E-state index contributed by atoms with van der Waals surface area (Å²) in [6.45, 7) is 1.10. The maximum atomic E-state index is 12.7. The zero-order chi connectivity index (χ0) is 15.7. The van der Waals surface area contributed by atoms with Gasteiger partial charge in [-0.2, -0.15) is 4.31 Å². The predicted octanol–water partition coefficient (Wildman–Crippen LogP) is 2.86. The van der Waals surface area contributed by atoms with Crippen molar-refractivity contribution in [2.45, 2.75) is 37.0 Å². The van der Waals surface area contributed by atoms with Crippen LogP contribution < -0.4 is 5.32 Å². The number of nitrogens with one attached hydrogen (secondary N) is 1. The molecule has 3 rings (SSSR count). The van der Waals surface area contributed by atoms with Gasteiger partial charge in [-0.3, -0.25) is 4.79 Å². The molecule has 1 saturated carbocycles. The predicted molar refractivity (Wildman–Crippen MR) is 85.4 cm³/mol. The molecule has 1 saturated heterocycles. The molecule has 2 fully saturated rings. The fraction of sp³-hybridized carbons (Fsp3) is 0.533. The van der Waals surface area contributed by atoms with Gasteiger partial charge in [-0.05, 0) is 43.9 Å². The quantitative estimate of drug-likeness (QED) is 0.914. The van der Waals surface area contributed by atoms with Crippen LogP contribution in [0.4, 0.5) is 5.69 Å². The monoisotopic (exact) mass is 342 g/mol. The molecule has 0 unspecified atom stereocenters. The fourth-order valence-electron chi connectivity index (χ4n) is 2.60. The Labute approximate surface area is 135 Å². The van der Waals surface area contributed by atoms with Crippen LogP contribution in [-0.2, 0) is 14.8 Å². The summed E-state index contributed by atoms with van der Waals surface area (Å²) in [6.07, 6.45) is 4.61. The molecule has 0 radical (unpaired) electrons. The van der Waals surface area contributed by atoms with Crippen molar-refractivity contribution in [2.24, 2.45) is 5.92 Å². The molecule has 0 bridgehead atoms. The largest absolute Gasteiger partial charge is 0.324 e. The van der Waals surface area contributed by atoms with Crippen LogP contribution in [0.2, 0.25) is 5.02 Å². The molecular weight excluding hydrogens is 324 g/mol. The highest BCUT2D eigenvalue weighted by atomic mass is 35.5. The van der Waals surface area contributed by atoms with Gasteiger partial charge in [-0.25, -0.2) is 8.42 Å². The van der Waals surface area contributed by atoms with E-state index in [4.69, 9.17) is 11.6 Å². The molecule has 2 aliphatic rings. The molecule has 7 heteroatoms. The topological polar surface area (TPSA) is 66.5 Å². The summed E-state index contributed by atoms with van der Waals surface area (Å²) in [5.41, 5.74) is 0.372. The number of sulfonamides is 1. The van der Waals surface area contributed by atoms with Gasteiger partial charge in [0, 0.05) is 19.0 Å². The molecule has 1 heterocycles. The molecule has 120 valence electrons. The summed E-state index contributed by atoms with van der Waals surface area (Å²) in [7, 11) is -3.52. The molecule has 0 aromatic heterocycles. The molecule has 0 atom stereocenters. The summed E-state index contributed by atoms with van der Waals surface area (Å²) < 4.78 is 26.8. The third kappa shape index (κ3) is 3.29. The standard InChI is InChI=1S/C15H19ClN2O3S/c16-13-7-6-12(10-14(13)17-15(19)11-4-5-11)22(20,21)18-8-2-1-3-9-18/h6-7,10-11H,1-5,8-9H2,(H,17,19). The lowest BCUT2D eigenvalue weighted by atomic mass is 10.2. The van der Waals surface area contributed by atoms with E-state index in [1.165, 1.54) is 22.5 Å². The summed E-state index contributed by atoms with van der Waals surface area (Å²) in [6, 6.07) is 4.49. The van der Waals surface area contributed by atoms with E-state index < -0.39 is 10.0 Å². The van der Waals surface area contributed by atoms with Crippen LogP contribution in [0.25, 0.3) is 0 Å². The number of piperidine rings is 1. The van der Waals surface area contributed by atoms with Gasteiger partial charge in [-0.1, -0.05) is 18.0 Å². The first-order valence-corrected chi connectivity index (χ1v) is 9.41. The van der Waals surface area contributed by atoms with Crippen LogP contribution >= 0.6 is 11.6 Å². The van der Waals surface area contributed by atoms with Crippen molar-refractivity contribution >= 4 is 33.2 Å². The van der Waals surface area contributed by atoms with Gasteiger partial charge in [0.2, 0.25) is 15.9 Å².